The maximum absolute atomic E-state index is 13.0. The van der Waals surface area contributed by atoms with E-state index in [1.54, 1.807) is 0 Å². The number of hydrogen-bond donors (Lipinski definition) is 0. The molecule has 1 aromatic rings. The summed E-state index contributed by atoms with van der Waals surface area (Å²) in [5, 5.41) is 11.1. The number of nitrogens with zero attached hydrogens (tertiary/aromatic N) is 3. The van der Waals surface area contributed by atoms with Crippen LogP contribution in [0.25, 0.3) is 0 Å². The smallest absolute Gasteiger partial charge is 0.271 e. The molecule has 0 bridgehead atoms. The summed E-state index contributed by atoms with van der Waals surface area (Å²) in [5.74, 6) is -0.0394. The number of fused-ring (bicyclic) bond motifs is 1. The summed E-state index contributed by atoms with van der Waals surface area (Å²) in [5.41, 5.74) is 0.167. The van der Waals surface area contributed by atoms with Gasteiger partial charge in [-0.25, -0.2) is 0 Å². The second-order valence-electron chi connectivity index (χ2n) is 7.15. The molecule has 26 heavy (non-hydrogen) atoms. The SMILES string of the molecule is O=C1COc2ccc([N+](=O)[O-])cc2N1CC(=O)N(C1CCCC1)C1CC1. The van der Waals surface area contributed by atoms with Gasteiger partial charge in [0.15, 0.2) is 6.61 Å². The minimum Gasteiger partial charge on any atom is -0.482 e. The van der Waals surface area contributed by atoms with E-state index in [9.17, 15) is 19.7 Å². The zero-order chi connectivity index (χ0) is 18.3. The summed E-state index contributed by atoms with van der Waals surface area (Å²) in [6.07, 6.45) is 6.32. The molecule has 0 radical (unpaired) electrons. The second kappa shape index (κ2) is 6.59. The van der Waals surface area contributed by atoms with E-state index >= 15 is 0 Å². The van der Waals surface area contributed by atoms with Crippen molar-refractivity contribution in [1.29, 1.82) is 0 Å². The summed E-state index contributed by atoms with van der Waals surface area (Å²) in [6, 6.07) is 4.66. The standard InChI is InChI=1S/C18H21N3O5/c22-17(20(13-5-6-13)12-3-1-2-4-12)10-19-15-9-14(21(24)25)7-8-16(15)26-11-18(19)23/h7-9,12-13H,1-6,10-11H2. The van der Waals surface area contributed by atoms with Crippen molar-refractivity contribution < 1.29 is 19.2 Å². The lowest BCUT2D eigenvalue weighted by molar-refractivity contribution is -0.384. The Morgan fingerprint density at radius 1 is 1.23 bits per heavy atom. The van der Waals surface area contributed by atoms with E-state index in [0.717, 1.165) is 38.5 Å². The molecule has 0 spiro atoms. The number of carbonyl (C=O) groups is 2. The van der Waals surface area contributed by atoms with Gasteiger partial charge < -0.3 is 9.64 Å². The molecular weight excluding hydrogens is 338 g/mol. The quantitative estimate of drug-likeness (QED) is 0.594. The molecule has 3 aliphatic rings. The van der Waals surface area contributed by atoms with E-state index in [1.807, 2.05) is 4.90 Å². The molecule has 8 heteroatoms. The molecule has 2 aliphatic carbocycles. The molecule has 1 heterocycles. The van der Waals surface area contributed by atoms with Crippen LogP contribution in [0.4, 0.5) is 11.4 Å². The van der Waals surface area contributed by atoms with Gasteiger partial charge >= 0.3 is 0 Å². The Hall–Kier alpha value is -2.64. The van der Waals surface area contributed by atoms with Crippen molar-refractivity contribution in [3.05, 3.63) is 28.3 Å². The normalized spacial score (nSPS) is 19.8. The zero-order valence-electron chi connectivity index (χ0n) is 14.4. The molecule has 0 atom stereocenters. The van der Waals surface area contributed by atoms with Crippen molar-refractivity contribution in [2.45, 2.75) is 50.6 Å². The van der Waals surface area contributed by atoms with E-state index in [-0.39, 0.29) is 42.7 Å². The number of nitro groups is 1. The Balaban J connectivity index is 1.59. The van der Waals surface area contributed by atoms with Crippen LogP contribution in [0, 0.1) is 10.1 Å². The fraction of sp³-hybridized carbons (Fsp3) is 0.556. The van der Waals surface area contributed by atoms with Crippen molar-refractivity contribution >= 4 is 23.2 Å². The first kappa shape index (κ1) is 16.8. The average Bonchev–Trinajstić information content (AvgIpc) is 3.30. The average molecular weight is 359 g/mol. The van der Waals surface area contributed by atoms with Gasteiger partial charge in [0.05, 0.1) is 10.6 Å². The van der Waals surface area contributed by atoms with Gasteiger partial charge in [-0.1, -0.05) is 12.8 Å². The van der Waals surface area contributed by atoms with Crippen molar-refractivity contribution in [1.82, 2.24) is 4.90 Å². The summed E-state index contributed by atoms with van der Waals surface area (Å²) in [4.78, 5) is 39.2. The van der Waals surface area contributed by atoms with Crippen LogP contribution in [0.15, 0.2) is 18.2 Å². The van der Waals surface area contributed by atoms with E-state index in [2.05, 4.69) is 0 Å². The second-order valence-corrected chi connectivity index (χ2v) is 7.15. The Morgan fingerprint density at radius 2 is 1.92 bits per heavy atom. The topological polar surface area (TPSA) is 93.0 Å². The Morgan fingerprint density at radius 3 is 2.58 bits per heavy atom. The largest absolute Gasteiger partial charge is 0.482 e. The summed E-state index contributed by atoms with van der Waals surface area (Å²) in [6.45, 7) is -0.256. The molecule has 4 rings (SSSR count). The maximum Gasteiger partial charge on any atom is 0.271 e. The van der Waals surface area contributed by atoms with Crippen LogP contribution in [0.5, 0.6) is 5.75 Å². The first-order valence-corrected chi connectivity index (χ1v) is 9.07. The summed E-state index contributed by atoms with van der Waals surface area (Å²) >= 11 is 0. The van der Waals surface area contributed by atoms with Gasteiger partial charge in [-0.05, 0) is 31.7 Å². The molecule has 2 saturated carbocycles. The summed E-state index contributed by atoms with van der Waals surface area (Å²) in [7, 11) is 0. The third-order valence-corrected chi connectivity index (χ3v) is 5.34. The predicted molar refractivity (Wildman–Crippen MR) is 93.1 cm³/mol. The monoisotopic (exact) mass is 359 g/mol. The van der Waals surface area contributed by atoms with Gasteiger partial charge in [-0.15, -0.1) is 0 Å². The van der Waals surface area contributed by atoms with Gasteiger partial charge in [0.2, 0.25) is 5.91 Å². The Kier molecular flexibility index (Phi) is 4.26. The van der Waals surface area contributed by atoms with Gasteiger partial charge in [0, 0.05) is 24.2 Å². The van der Waals surface area contributed by atoms with Crippen molar-refractivity contribution in [3.8, 4) is 5.75 Å². The molecule has 8 nitrogen and oxygen atoms in total. The molecule has 1 aliphatic heterocycles. The number of rotatable bonds is 5. The number of hydrogen-bond acceptors (Lipinski definition) is 5. The molecule has 0 unspecified atom stereocenters. The fourth-order valence-corrected chi connectivity index (χ4v) is 3.93. The van der Waals surface area contributed by atoms with Crippen LogP contribution in [-0.4, -0.2) is 46.9 Å². The number of non-ortho nitro benzene ring substituents is 1. The molecule has 0 N–H and O–H groups in total. The van der Waals surface area contributed by atoms with Crippen LogP contribution in [0.1, 0.15) is 38.5 Å². The molecule has 0 aromatic heterocycles. The Labute approximate surface area is 150 Å². The first-order chi connectivity index (χ1) is 12.5. The molecule has 0 saturated heterocycles. The number of amides is 2. The van der Waals surface area contributed by atoms with E-state index < -0.39 is 4.92 Å². The highest BCUT2D eigenvalue weighted by Crippen LogP contribution is 2.37. The van der Waals surface area contributed by atoms with Gasteiger partial charge in [0.1, 0.15) is 12.3 Å². The lowest BCUT2D eigenvalue weighted by atomic mass is 10.1. The highest BCUT2D eigenvalue weighted by Gasteiger charge is 2.40. The maximum atomic E-state index is 13.0. The highest BCUT2D eigenvalue weighted by atomic mass is 16.6. The number of carbonyl (C=O) groups excluding carboxylic acids is 2. The molecule has 138 valence electrons. The summed E-state index contributed by atoms with van der Waals surface area (Å²) < 4.78 is 5.36. The fourth-order valence-electron chi connectivity index (χ4n) is 3.93. The van der Waals surface area contributed by atoms with Crippen molar-refractivity contribution in [3.63, 3.8) is 0 Å². The first-order valence-electron chi connectivity index (χ1n) is 9.07. The minimum absolute atomic E-state index is 0.0768. The number of anilines is 1. The zero-order valence-corrected chi connectivity index (χ0v) is 14.4. The van der Waals surface area contributed by atoms with Crippen LogP contribution in [0.2, 0.25) is 0 Å². The van der Waals surface area contributed by atoms with Crippen molar-refractivity contribution in [2.75, 3.05) is 18.1 Å². The van der Waals surface area contributed by atoms with E-state index in [1.165, 1.54) is 23.1 Å². The van der Waals surface area contributed by atoms with Gasteiger partial charge in [-0.2, -0.15) is 0 Å². The molecule has 1 aromatic carbocycles. The minimum atomic E-state index is -0.519. The molecule has 2 amide bonds. The lowest BCUT2D eigenvalue weighted by Crippen LogP contribution is -2.49. The third-order valence-electron chi connectivity index (χ3n) is 5.34. The molecular formula is C18H21N3O5. The van der Waals surface area contributed by atoms with E-state index in [4.69, 9.17) is 4.74 Å². The number of ether oxygens (including phenoxy) is 1. The van der Waals surface area contributed by atoms with E-state index in [0.29, 0.717) is 11.4 Å². The molecule has 2 fully saturated rings. The van der Waals surface area contributed by atoms with Crippen LogP contribution in [-0.2, 0) is 9.59 Å². The Bertz CT molecular complexity index is 755. The van der Waals surface area contributed by atoms with Gasteiger partial charge in [-0.3, -0.25) is 24.6 Å². The lowest BCUT2D eigenvalue weighted by Gasteiger charge is -2.33. The van der Waals surface area contributed by atoms with Crippen LogP contribution in [0.3, 0.4) is 0 Å². The van der Waals surface area contributed by atoms with Gasteiger partial charge in [0.25, 0.3) is 11.6 Å². The third kappa shape index (κ3) is 3.11. The predicted octanol–water partition coefficient (Wildman–Crippen LogP) is 2.25. The van der Waals surface area contributed by atoms with Crippen molar-refractivity contribution in [2.24, 2.45) is 0 Å². The van der Waals surface area contributed by atoms with Crippen LogP contribution < -0.4 is 9.64 Å². The van der Waals surface area contributed by atoms with Crippen LogP contribution >= 0.6 is 0 Å². The number of nitro benzene ring substituents is 1. The highest BCUT2D eigenvalue weighted by molar-refractivity contribution is 6.02. The number of benzene rings is 1.